The third kappa shape index (κ3) is 4.65. The van der Waals surface area contributed by atoms with Gasteiger partial charge in [0.1, 0.15) is 0 Å². The monoisotopic (exact) mass is 352 g/mol. The summed E-state index contributed by atoms with van der Waals surface area (Å²) in [6, 6.07) is 14.4. The van der Waals surface area contributed by atoms with Crippen molar-refractivity contribution in [3.8, 4) is 0 Å². The van der Waals surface area contributed by atoms with Crippen LogP contribution in [-0.4, -0.2) is 17.1 Å². The first-order chi connectivity index (χ1) is 12.2. The molecule has 0 saturated heterocycles. The van der Waals surface area contributed by atoms with E-state index in [9.17, 15) is 4.79 Å². The normalized spacial score (nSPS) is 10.7. The number of hydrogen-bond acceptors (Lipinski definition) is 6. The Morgan fingerprint density at radius 3 is 2.80 bits per heavy atom. The lowest BCUT2D eigenvalue weighted by Gasteiger charge is -2.06. The Hall–Kier alpha value is -3.19. The number of carbonyl (C=O) groups is 1. The smallest absolute Gasteiger partial charge is 0.265 e. The van der Waals surface area contributed by atoms with E-state index in [2.05, 4.69) is 15.5 Å². The fourth-order valence-electron chi connectivity index (χ4n) is 2.02. The first-order valence-electron chi connectivity index (χ1n) is 7.52. The van der Waals surface area contributed by atoms with Crippen LogP contribution in [0.4, 0.5) is 11.4 Å². The lowest BCUT2D eigenvalue weighted by atomic mass is 10.2. The maximum atomic E-state index is 12.3. The molecular formula is C18H16N4O2S. The molecule has 3 N–H and O–H groups in total. The molecule has 1 amide bonds. The molecule has 0 aliphatic rings. The molecule has 0 fully saturated rings. The summed E-state index contributed by atoms with van der Waals surface area (Å²) in [5.74, 6) is -0.200. The Labute approximate surface area is 149 Å². The summed E-state index contributed by atoms with van der Waals surface area (Å²) in [7, 11) is 0. The van der Waals surface area contributed by atoms with Gasteiger partial charge in [0, 0.05) is 17.3 Å². The van der Waals surface area contributed by atoms with Gasteiger partial charge in [-0.25, -0.2) is 0 Å². The summed E-state index contributed by atoms with van der Waals surface area (Å²) in [5.41, 5.74) is 7.86. The second kappa shape index (κ2) is 8.07. The quantitative estimate of drug-likeness (QED) is 0.403. The van der Waals surface area contributed by atoms with E-state index in [1.165, 1.54) is 11.3 Å². The molecule has 0 aliphatic carbocycles. The topological polar surface area (TPSA) is 89.6 Å². The summed E-state index contributed by atoms with van der Waals surface area (Å²) in [6.07, 6.45) is 4.98. The molecule has 6 nitrogen and oxygen atoms in total. The van der Waals surface area contributed by atoms with Gasteiger partial charge >= 0.3 is 0 Å². The van der Waals surface area contributed by atoms with Crippen molar-refractivity contribution in [2.24, 2.45) is 5.16 Å². The zero-order chi connectivity index (χ0) is 17.5. The van der Waals surface area contributed by atoms with Crippen LogP contribution in [0.15, 0.2) is 66.1 Å². The number of anilines is 2. The van der Waals surface area contributed by atoms with Gasteiger partial charge in [-0.2, -0.15) is 0 Å². The molecule has 0 spiro atoms. The zero-order valence-corrected chi connectivity index (χ0v) is 14.1. The number of rotatable bonds is 6. The summed E-state index contributed by atoms with van der Waals surface area (Å²) >= 11 is 1.35. The third-order valence-electron chi connectivity index (χ3n) is 3.28. The lowest BCUT2D eigenvalue weighted by molar-refractivity contribution is 0.103. The van der Waals surface area contributed by atoms with Gasteiger partial charge < -0.3 is 15.9 Å². The third-order valence-corrected chi connectivity index (χ3v) is 4.34. The van der Waals surface area contributed by atoms with E-state index < -0.39 is 0 Å². The molecule has 7 heteroatoms. The van der Waals surface area contributed by atoms with Crippen molar-refractivity contribution in [1.82, 2.24) is 4.98 Å². The Kier molecular flexibility index (Phi) is 5.38. The van der Waals surface area contributed by atoms with E-state index in [-0.39, 0.29) is 5.91 Å². The highest BCUT2D eigenvalue weighted by Crippen LogP contribution is 2.21. The number of benzene rings is 1. The largest absolute Gasteiger partial charge is 0.397 e. The summed E-state index contributed by atoms with van der Waals surface area (Å²) in [5, 5.41) is 6.71. The molecule has 0 saturated carbocycles. The minimum Gasteiger partial charge on any atom is -0.397 e. The number of nitrogens with zero attached hydrogens (tertiary/aromatic N) is 2. The molecule has 3 aromatic rings. The van der Waals surface area contributed by atoms with Gasteiger partial charge in [-0.05, 0) is 42.0 Å². The molecule has 0 radical (unpaired) electrons. The van der Waals surface area contributed by atoms with Gasteiger partial charge in [0.15, 0.2) is 6.61 Å². The zero-order valence-electron chi connectivity index (χ0n) is 13.3. The number of para-hydroxylation sites is 2. The minimum atomic E-state index is -0.200. The molecule has 0 unspecified atom stereocenters. The van der Waals surface area contributed by atoms with Crippen LogP contribution in [0, 0.1) is 0 Å². The van der Waals surface area contributed by atoms with Crippen molar-refractivity contribution in [3.63, 3.8) is 0 Å². The average Bonchev–Trinajstić information content (AvgIpc) is 3.11. The van der Waals surface area contributed by atoms with Gasteiger partial charge in [0.2, 0.25) is 0 Å². The summed E-state index contributed by atoms with van der Waals surface area (Å²) in [6.45, 7) is 0.299. The van der Waals surface area contributed by atoms with Crippen LogP contribution in [-0.2, 0) is 11.4 Å². The second-order valence-electron chi connectivity index (χ2n) is 5.10. The van der Waals surface area contributed by atoms with Gasteiger partial charge in [-0.1, -0.05) is 17.3 Å². The number of nitrogens with two attached hydrogens (primary N) is 1. The van der Waals surface area contributed by atoms with E-state index in [1.807, 2.05) is 30.3 Å². The predicted octanol–water partition coefficient (Wildman–Crippen LogP) is 3.53. The van der Waals surface area contributed by atoms with Crippen molar-refractivity contribution >= 4 is 34.8 Å². The van der Waals surface area contributed by atoms with Crippen molar-refractivity contribution < 1.29 is 9.63 Å². The molecule has 0 bridgehead atoms. The van der Waals surface area contributed by atoms with E-state index >= 15 is 0 Å². The van der Waals surface area contributed by atoms with E-state index in [4.69, 9.17) is 10.6 Å². The maximum Gasteiger partial charge on any atom is 0.265 e. The summed E-state index contributed by atoms with van der Waals surface area (Å²) in [4.78, 5) is 22.9. The number of nitrogens with one attached hydrogen (secondary N) is 1. The van der Waals surface area contributed by atoms with Gasteiger partial charge in [-0.3, -0.25) is 9.78 Å². The van der Waals surface area contributed by atoms with Crippen LogP contribution in [0.5, 0.6) is 0 Å². The number of amides is 1. The van der Waals surface area contributed by atoms with Crippen molar-refractivity contribution in [1.29, 1.82) is 0 Å². The number of oxime groups is 1. The van der Waals surface area contributed by atoms with Gasteiger partial charge in [-0.15, -0.1) is 11.3 Å². The standard InChI is InChI=1S/C18H16N4O2S/c19-15-3-1-2-4-16(15)22-18(23)17-6-5-14(25-17)12-24-21-11-13-7-9-20-10-8-13/h1-11H,12,19H2,(H,22,23)/b21-11+. The molecule has 126 valence electrons. The Morgan fingerprint density at radius 1 is 1.20 bits per heavy atom. The molecule has 0 atom stereocenters. The van der Waals surface area contributed by atoms with Crippen molar-refractivity contribution in [2.45, 2.75) is 6.61 Å². The second-order valence-corrected chi connectivity index (χ2v) is 6.26. The molecule has 25 heavy (non-hydrogen) atoms. The highest BCUT2D eigenvalue weighted by molar-refractivity contribution is 7.14. The van der Waals surface area contributed by atoms with Gasteiger partial charge in [0.25, 0.3) is 5.91 Å². The molecular weight excluding hydrogens is 336 g/mol. The minimum absolute atomic E-state index is 0.200. The number of pyridine rings is 1. The number of nitrogen functional groups attached to an aromatic ring is 1. The van der Waals surface area contributed by atoms with Gasteiger partial charge in [0.05, 0.1) is 22.5 Å². The van der Waals surface area contributed by atoms with Crippen LogP contribution in [0.2, 0.25) is 0 Å². The Bertz CT molecular complexity index is 878. The van der Waals surface area contributed by atoms with Crippen LogP contribution >= 0.6 is 11.3 Å². The average molecular weight is 352 g/mol. The fraction of sp³-hybridized carbons (Fsp3) is 0.0556. The molecule has 1 aromatic carbocycles. The number of carbonyl (C=O) groups excluding carboxylic acids is 1. The first kappa shape index (κ1) is 16.7. The maximum absolute atomic E-state index is 12.3. The molecule has 2 heterocycles. The Morgan fingerprint density at radius 2 is 2.00 bits per heavy atom. The fourth-order valence-corrected chi connectivity index (χ4v) is 2.83. The van der Waals surface area contributed by atoms with Crippen LogP contribution in [0.3, 0.4) is 0 Å². The van der Waals surface area contributed by atoms with E-state index in [0.29, 0.717) is 22.9 Å². The van der Waals surface area contributed by atoms with Crippen LogP contribution < -0.4 is 11.1 Å². The van der Waals surface area contributed by atoms with Crippen molar-refractivity contribution in [3.05, 3.63) is 76.2 Å². The Balaban J connectivity index is 1.54. The SMILES string of the molecule is Nc1ccccc1NC(=O)c1ccc(CO/N=C/c2ccncc2)s1. The van der Waals surface area contributed by atoms with Crippen molar-refractivity contribution in [2.75, 3.05) is 11.1 Å². The number of aromatic nitrogens is 1. The lowest BCUT2D eigenvalue weighted by Crippen LogP contribution is -2.11. The number of hydrogen-bond donors (Lipinski definition) is 2. The number of thiophene rings is 1. The molecule has 2 aromatic heterocycles. The molecule has 0 aliphatic heterocycles. The highest BCUT2D eigenvalue weighted by Gasteiger charge is 2.11. The summed E-state index contributed by atoms with van der Waals surface area (Å²) < 4.78 is 0. The van der Waals surface area contributed by atoms with Crippen LogP contribution in [0.1, 0.15) is 20.1 Å². The highest BCUT2D eigenvalue weighted by atomic mass is 32.1. The predicted molar refractivity (Wildman–Crippen MR) is 99.7 cm³/mol. The van der Waals surface area contributed by atoms with E-state index in [1.54, 1.807) is 36.8 Å². The van der Waals surface area contributed by atoms with E-state index in [0.717, 1.165) is 10.4 Å². The molecule has 3 rings (SSSR count). The van der Waals surface area contributed by atoms with Crippen LogP contribution in [0.25, 0.3) is 0 Å². The first-order valence-corrected chi connectivity index (χ1v) is 8.34.